The molecule has 0 spiro atoms. The molecular weight excluding hydrogens is 196 g/mol. The summed E-state index contributed by atoms with van der Waals surface area (Å²) in [7, 11) is 0. The van der Waals surface area contributed by atoms with Crippen molar-refractivity contribution >= 4 is 0 Å². The van der Waals surface area contributed by atoms with Crippen LogP contribution in [0.4, 0.5) is 0 Å². The van der Waals surface area contributed by atoms with Gasteiger partial charge in [0.25, 0.3) is 0 Å². The fraction of sp³-hybridized carbons (Fsp3) is 1.00. The standard InChI is InChI=1S/C14H26N2/c1-2-6-15-9-12-8-13(11-15)14-5-3-4-7-16(14)10-12/h12-14H,2-11H2,1H3/t12-,13+,14-/m0/s1. The first-order valence-corrected chi connectivity index (χ1v) is 7.33. The average Bonchev–Trinajstić information content (AvgIpc) is 2.29. The van der Waals surface area contributed by atoms with Gasteiger partial charge in [-0.25, -0.2) is 0 Å². The largest absolute Gasteiger partial charge is 0.303 e. The minimum Gasteiger partial charge on any atom is -0.303 e. The zero-order valence-electron chi connectivity index (χ0n) is 10.7. The van der Waals surface area contributed by atoms with Gasteiger partial charge in [-0.2, -0.15) is 0 Å². The van der Waals surface area contributed by atoms with Crippen molar-refractivity contribution in [1.82, 2.24) is 9.80 Å². The Morgan fingerprint density at radius 1 is 1.12 bits per heavy atom. The lowest BCUT2D eigenvalue weighted by Crippen LogP contribution is -2.58. The highest BCUT2D eigenvalue weighted by Crippen LogP contribution is 2.37. The minimum atomic E-state index is 0.949. The smallest absolute Gasteiger partial charge is 0.0136 e. The third-order valence-electron chi connectivity index (χ3n) is 4.89. The van der Waals surface area contributed by atoms with E-state index in [0.29, 0.717) is 0 Å². The Kier molecular flexibility index (Phi) is 3.21. The van der Waals surface area contributed by atoms with Crippen LogP contribution in [0.25, 0.3) is 0 Å². The summed E-state index contributed by atoms with van der Waals surface area (Å²) in [6.45, 7) is 9.23. The van der Waals surface area contributed by atoms with Crippen LogP contribution in [0.1, 0.15) is 39.0 Å². The van der Waals surface area contributed by atoms with Gasteiger partial charge < -0.3 is 4.90 Å². The lowest BCUT2D eigenvalue weighted by Gasteiger charge is -2.52. The molecule has 0 saturated carbocycles. The van der Waals surface area contributed by atoms with E-state index in [-0.39, 0.29) is 0 Å². The van der Waals surface area contributed by atoms with E-state index in [4.69, 9.17) is 0 Å². The molecule has 3 fully saturated rings. The number of hydrogen-bond acceptors (Lipinski definition) is 2. The van der Waals surface area contributed by atoms with Crippen LogP contribution in [0.3, 0.4) is 0 Å². The van der Waals surface area contributed by atoms with Crippen LogP contribution in [-0.4, -0.2) is 48.6 Å². The Morgan fingerprint density at radius 2 is 2.06 bits per heavy atom. The summed E-state index contributed by atoms with van der Waals surface area (Å²) in [5, 5.41) is 0. The maximum absolute atomic E-state index is 2.83. The lowest BCUT2D eigenvalue weighted by molar-refractivity contribution is -0.0300. The molecule has 3 aliphatic rings. The molecule has 0 N–H and O–H groups in total. The molecule has 0 radical (unpaired) electrons. The van der Waals surface area contributed by atoms with Gasteiger partial charge in [-0.15, -0.1) is 0 Å². The number of fused-ring (bicyclic) bond motifs is 4. The minimum absolute atomic E-state index is 0.949. The van der Waals surface area contributed by atoms with Crippen molar-refractivity contribution in [1.29, 1.82) is 0 Å². The molecular formula is C14H26N2. The summed E-state index contributed by atoms with van der Waals surface area (Å²) in [5.41, 5.74) is 0. The zero-order chi connectivity index (χ0) is 11.0. The van der Waals surface area contributed by atoms with E-state index in [1.807, 2.05) is 0 Å². The highest BCUT2D eigenvalue weighted by Gasteiger charge is 2.41. The molecule has 0 unspecified atom stereocenters. The Morgan fingerprint density at radius 3 is 2.94 bits per heavy atom. The van der Waals surface area contributed by atoms with Crippen molar-refractivity contribution in [2.45, 2.75) is 45.1 Å². The number of rotatable bonds is 2. The first kappa shape index (κ1) is 11.0. The summed E-state index contributed by atoms with van der Waals surface area (Å²) in [4.78, 5) is 5.57. The van der Waals surface area contributed by atoms with E-state index >= 15 is 0 Å². The molecule has 3 aliphatic heterocycles. The topological polar surface area (TPSA) is 6.48 Å². The first-order valence-electron chi connectivity index (χ1n) is 7.33. The van der Waals surface area contributed by atoms with Crippen molar-refractivity contribution in [2.24, 2.45) is 11.8 Å². The van der Waals surface area contributed by atoms with Crippen molar-refractivity contribution in [3.63, 3.8) is 0 Å². The molecule has 3 atom stereocenters. The van der Waals surface area contributed by atoms with Crippen LogP contribution in [0.15, 0.2) is 0 Å². The number of hydrogen-bond donors (Lipinski definition) is 0. The van der Waals surface area contributed by atoms with Crippen LogP contribution in [0.5, 0.6) is 0 Å². The molecule has 3 saturated heterocycles. The summed E-state index contributed by atoms with van der Waals surface area (Å²) >= 11 is 0. The van der Waals surface area contributed by atoms with Crippen LogP contribution in [0, 0.1) is 11.8 Å². The van der Waals surface area contributed by atoms with E-state index in [1.165, 1.54) is 64.8 Å². The molecule has 2 bridgehead atoms. The monoisotopic (exact) mass is 222 g/mol. The SMILES string of the molecule is CCCN1C[C@@H]2C[C@H](C1)[C@@H]1CCCCN1C2. The second-order valence-electron chi connectivity index (χ2n) is 6.18. The van der Waals surface area contributed by atoms with E-state index in [1.54, 1.807) is 0 Å². The van der Waals surface area contributed by atoms with Gasteiger partial charge in [-0.3, -0.25) is 4.90 Å². The average molecular weight is 222 g/mol. The number of nitrogens with zero attached hydrogens (tertiary/aromatic N) is 2. The second kappa shape index (κ2) is 4.66. The lowest BCUT2D eigenvalue weighted by atomic mass is 9.76. The molecule has 0 aromatic rings. The Labute approximate surface area is 100.0 Å². The highest BCUT2D eigenvalue weighted by molar-refractivity contribution is 4.95. The van der Waals surface area contributed by atoms with Gasteiger partial charge >= 0.3 is 0 Å². The van der Waals surface area contributed by atoms with Gasteiger partial charge in [0.1, 0.15) is 0 Å². The van der Waals surface area contributed by atoms with Crippen LogP contribution in [-0.2, 0) is 0 Å². The van der Waals surface area contributed by atoms with Gasteiger partial charge in [-0.05, 0) is 50.6 Å². The summed E-state index contributed by atoms with van der Waals surface area (Å²) in [6.07, 6.45) is 7.28. The Bertz CT molecular complexity index is 239. The maximum Gasteiger partial charge on any atom is 0.0136 e. The number of likely N-dealkylation sites (tertiary alicyclic amines) is 1. The molecule has 0 amide bonds. The molecule has 0 aromatic carbocycles. The van der Waals surface area contributed by atoms with Crippen molar-refractivity contribution < 1.29 is 0 Å². The fourth-order valence-electron chi connectivity index (χ4n) is 4.37. The zero-order valence-corrected chi connectivity index (χ0v) is 10.7. The van der Waals surface area contributed by atoms with Crippen molar-refractivity contribution in [3.05, 3.63) is 0 Å². The van der Waals surface area contributed by atoms with E-state index in [9.17, 15) is 0 Å². The van der Waals surface area contributed by atoms with E-state index in [0.717, 1.165) is 17.9 Å². The predicted octanol–water partition coefficient (Wildman–Crippen LogP) is 2.20. The van der Waals surface area contributed by atoms with Crippen LogP contribution < -0.4 is 0 Å². The summed E-state index contributed by atoms with van der Waals surface area (Å²) in [5.74, 6) is 1.99. The normalized spacial score (nSPS) is 40.7. The summed E-state index contributed by atoms with van der Waals surface area (Å²) in [6, 6.07) is 0.949. The maximum atomic E-state index is 2.83. The van der Waals surface area contributed by atoms with Gasteiger partial charge in [0, 0.05) is 25.7 Å². The molecule has 0 aliphatic carbocycles. The molecule has 2 nitrogen and oxygen atoms in total. The molecule has 3 heterocycles. The molecule has 92 valence electrons. The fourth-order valence-corrected chi connectivity index (χ4v) is 4.37. The molecule has 0 aromatic heterocycles. The van der Waals surface area contributed by atoms with Crippen molar-refractivity contribution in [3.8, 4) is 0 Å². The first-order chi connectivity index (χ1) is 7.86. The van der Waals surface area contributed by atoms with Crippen molar-refractivity contribution in [2.75, 3.05) is 32.7 Å². The second-order valence-corrected chi connectivity index (χ2v) is 6.18. The Hall–Kier alpha value is -0.0800. The predicted molar refractivity (Wildman–Crippen MR) is 67.5 cm³/mol. The van der Waals surface area contributed by atoms with Gasteiger partial charge in [-0.1, -0.05) is 13.3 Å². The van der Waals surface area contributed by atoms with Crippen LogP contribution in [0.2, 0.25) is 0 Å². The quantitative estimate of drug-likeness (QED) is 0.707. The third kappa shape index (κ3) is 2.02. The van der Waals surface area contributed by atoms with Gasteiger partial charge in [0.05, 0.1) is 0 Å². The van der Waals surface area contributed by atoms with Gasteiger partial charge in [0.2, 0.25) is 0 Å². The third-order valence-corrected chi connectivity index (χ3v) is 4.89. The van der Waals surface area contributed by atoms with E-state index < -0.39 is 0 Å². The summed E-state index contributed by atoms with van der Waals surface area (Å²) < 4.78 is 0. The van der Waals surface area contributed by atoms with Gasteiger partial charge in [0.15, 0.2) is 0 Å². The molecule has 2 heteroatoms. The van der Waals surface area contributed by atoms with Crippen LogP contribution >= 0.6 is 0 Å². The Balaban J connectivity index is 1.68. The highest BCUT2D eigenvalue weighted by atomic mass is 15.2. The molecule has 16 heavy (non-hydrogen) atoms. The molecule has 3 rings (SSSR count). The van der Waals surface area contributed by atoms with E-state index in [2.05, 4.69) is 16.7 Å². The number of piperidine rings is 3.